The summed E-state index contributed by atoms with van der Waals surface area (Å²) < 4.78 is 0. The highest BCUT2D eigenvalue weighted by Gasteiger charge is 2.14. The minimum absolute atomic E-state index is 0.650. The van der Waals surface area contributed by atoms with Crippen molar-refractivity contribution in [1.29, 1.82) is 0 Å². The normalized spacial score (nSPS) is 15.5. The second-order valence-corrected chi connectivity index (χ2v) is 3.96. The summed E-state index contributed by atoms with van der Waals surface area (Å²) in [6.45, 7) is 2.80. The van der Waals surface area contributed by atoms with E-state index in [2.05, 4.69) is 23.0 Å². The summed E-state index contributed by atoms with van der Waals surface area (Å²) in [5.74, 6) is 0. The van der Waals surface area contributed by atoms with Crippen LogP contribution in [0.1, 0.15) is 36.7 Å². The number of fused-ring (bicyclic) bond motifs is 1. The molecule has 0 atom stereocenters. The molecule has 0 bridgehead atoms. The molecule has 0 saturated carbocycles. The molecule has 0 radical (unpaired) electrons. The van der Waals surface area contributed by atoms with E-state index in [0.717, 1.165) is 25.0 Å². The lowest BCUT2D eigenvalue weighted by Crippen LogP contribution is -2.09. The van der Waals surface area contributed by atoms with Crippen molar-refractivity contribution >= 4 is 5.57 Å². The molecule has 1 heterocycles. The van der Waals surface area contributed by atoms with Crippen molar-refractivity contribution in [2.24, 2.45) is 5.73 Å². The minimum atomic E-state index is 0.650. The third-order valence-corrected chi connectivity index (χ3v) is 2.85. The van der Waals surface area contributed by atoms with Crippen molar-refractivity contribution < 1.29 is 0 Å². The van der Waals surface area contributed by atoms with Gasteiger partial charge in [-0.3, -0.25) is 0 Å². The van der Waals surface area contributed by atoms with Gasteiger partial charge < -0.3 is 5.73 Å². The smallest absolute Gasteiger partial charge is 0.115 e. The quantitative estimate of drug-likeness (QED) is 0.796. The standard InChI is InChI=1S/C12H17N3/c1-9-4-2-3-5-10-12(9)11(6-7-13)15-8-14-10/h4,8H,2-3,5-7,13H2,1H3. The van der Waals surface area contributed by atoms with E-state index in [4.69, 9.17) is 5.73 Å². The Kier molecular flexibility index (Phi) is 3.11. The molecule has 2 N–H and O–H groups in total. The van der Waals surface area contributed by atoms with Crippen LogP contribution in [0.15, 0.2) is 12.4 Å². The minimum Gasteiger partial charge on any atom is -0.330 e. The number of nitrogens with two attached hydrogens (primary N) is 1. The van der Waals surface area contributed by atoms with Gasteiger partial charge in [0.15, 0.2) is 0 Å². The highest BCUT2D eigenvalue weighted by atomic mass is 14.8. The van der Waals surface area contributed by atoms with Gasteiger partial charge in [-0.05, 0) is 38.3 Å². The van der Waals surface area contributed by atoms with Crippen LogP contribution in [0.5, 0.6) is 0 Å². The Morgan fingerprint density at radius 2 is 2.27 bits per heavy atom. The number of rotatable bonds is 2. The van der Waals surface area contributed by atoms with Crippen LogP contribution in [-0.2, 0) is 12.8 Å². The molecule has 1 aromatic rings. The summed E-state index contributed by atoms with van der Waals surface area (Å²) in [6, 6.07) is 0. The predicted octanol–water partition coefficient (Wildman–Crippen LogP) is 1.72. The number of hydrogen-bond donors (Lipinski definition) is 1. The molecule has 1 aliphatic carbocycles. The monoisotopic (exact) mass is 203 g/mol. The molecule has 3 heteroatoms. The molecule has 0 fully saturated rings. The summed E-state index contributed by atoms with van der Waals surface area (Å²) in [4.78, 5) is 8.72. The lowest BCUT2D eigenvalue weighted by Gasteiger charge is -2.10. The van der Waals surface area contributed by atoms with E-state index in [1.807, 2.05) is 0 Å². The summed E-state index contributed by atoms with van der Waals surface area (Å²) in [5, 5.41) is 0. The van der Waals surface area contributed by atoms with E-state index in [-0.39, 0.29) is 0 Å². The van der Waals surface area contributed by atoms with E-state index in [1.54, 1.807) is 6.33 Å². The van der Waals surface area contributed by atoms with Gasteiger partial charge in [-0.25, -0.2) is 9.97 Å². The van der Waals surface area contributed by atoms with Crippen molar-refractivity contribution in [2.45, 2.75) is 32.6 Å². The van der Waals surface area contributed by atoms with Gasteiger partial charge in [0, 0.05) is 12.0 Å². The number of hydrogen-bond acceptors (Lipinski definition) is 3. The summed E-state index contributed by atoms with van der Waals surface area (Å²) in [6.07, 6.45) is 8.19. The van der Waals surface area contributed by atoms with Crippen LogP contribution in [0.25, 0.3) is 5.57 Å². The number of nitrogens with zero attached hydrogens (tertiary/aromatic N) is 2. The van der Waals surface area contributed by atoms with Crippen LogP contribution in [0.3, 0.4) is 0 Å². The van der Waals surface area contributed by atoms with E-state index in [0.29, 0.717) is 6.54 Å². The number of aromatic nitrogens is 2. The van der Waals surface area contributed by atoms with Crippen LogP contribution in [0, 0.1) is 0 Å². The Morgan fingerprint density at radius 1 is 1.40 bits per heavy atom. The first-order chi connectivity index (χ1) is 7.33. The maximum absolute atomic E-state index is 5.60. The Balaban J connectivity index is 2.49. The second-order valence-electron chi connectivity index (χ2n) is 3.96. The van der Waals surface area contributed by atoms with Crippen molar-refractivity contribution in [3.05, 3.63) is 29.4 Å². The molecule has 0 aliphatic heterocycles. The highest BCUT2D eigenvalue weighted by Crippen LogP contribution is 2.25. The van der Waals surface area contributed by atoms with Crippen molar-refractivity contribution in [1.82, 2.24) is 9.97 Å². The van der Waals surface area contributed by atoms with Crippen molar-refractivity contribution in [2.75, 3.05) is 6.54 Å². The topological polar surface area (TPSA) is 51.8 Å². The first-order valence-corrected chi connectivity index (χ1v) is 5.53. The Bertz CT molecular complexity index is 382. The van der Waals surface area contributed by atoms with Gasteiger partial charge in [-0.2, -0.15) is 0 Å². The van der Waals surface area contributed by atoms with E-state index in [9.17, 15) is 0 Å². The van der Waals surface area contributed by atoms with Crippen LogP contribution in [0.2, 0.25) is 0 Å². The van der Waals surface area contributed by atoms with Gasteiger partial charge in [-0.1, -0.05) is 6.08 Å². The largest absolute Gasteiger partial charge is 0.330 e. The fraction of sp³-hybridized carbons (Fsp3) is 0.500. The predicted molar refractivity (Wildman–Crippen MR) is 61.4 cm³/mol. The molecule has 2 rings (SSSR count). The molecule has 1 aromatic heterocycles. The Labute approximate surface area is 90.4 Å². The fourth-order valence-electron chi connectivity index (χ4n) is 2.13. The van der Waals surface area contributed by atoms with Crippen molar-refractivity contribution in [3.8, 4) is 0 Å². The molecule has 1 aliphatic rings. The highest BCUT2D eigenvalue weighted by molar-refractivity contribution is 5.68. The summed E-state index contributed by atoms with van der Waals surface area (Å²) in [5.41, 5.74) is 10.5. The van der Waals surface area contributed by atoms with Gasteiger partial charge in [-0.15, -0.1) is 0 Å². The molecule has 3 nitrogen and oxygen atoms in total. The summed E-state index contributed by atoms with van der Waals surface area (Å²) >= 11 is 0. The fourth-order valence-corrected chi connectivity index (χ4v) is 2.13. The van der Waals surface area contributed by atoms with Gasteiger partial charge in [0.1, 0.15) is 6.33 Å². The zero-order valence-electron chi connectivity index (χ0n) is 9.16. The molecule has 0 aromatic carbocycles. The molecule has 0 saturated heterocycles. The third-order valence-electron chi connectivity index (χ3n) is 2.85. The maximum atomic E-state index is 5.60. The van der Waals surface area contributed by atoms with Gasteiger partial charge >= 0.3 is 0 Å². The van der Waals surface area contributed by atoms with Crippen LogP contribution in [0.4, 0.5) is 0 Å². The average Bonchev–Trinajstić information content (AvgIpc) is 2.42. The SMILES string of the molecule is CC1=CCCCc2ncnc(CCN)c21. The zero-order chi connectivity index (χ0) is 10.7. The number of aryl methyl sites for hydroxylation is 1. The Morgan fingerprint density at radius 3 is 3.07 bits per heavy atom. The van der Waals surface area contributed by atoms with Gasteiger partial charge in [0.25, 0.3) is 0 Å². The molecule has 0 amide bonds. The molecule has 80 valence electrons. The maximum Gasteiger partial charge on any atom is 0.115 e. The molecule has 0 unspecified atom stereocenters. The van der Waals surface area contributed by atoms with E-state index >= 15 is 0 Å². The first kappa shape index (κ1) is 10.3. The van der Waals surface area contributed by atoms with Crippen LogP contribution in [-0.4, -0.2) is 16.5 Å². The average molecular weight is 203 g/mol. The van der Waals surface area contributed by atoms with Crippen molar-refractivity contribution in [3.63, 3.8) is 0 Å². The molecule has 0 spiro atoms. The van der Waals surface area contributed by atoms with Crippen LogP contribution < -0.4 is 5.73 Å². The second kappa shape index (κ2) is 4.53. The number of allylic oxidation sites excluding steroid dienone is 2. The molecular weight excluding hydrogens is 186 g/mol. The third kappa shape index (κ3) is 2.07. The zero-order valence-corrected chi connectivity index (χ0v) is 9.16. The lowest BCUT2D eigenvalue weighted by molar-refractivity contribution is 0.808. The van der Waals surface area contributed by atoms with Gasteiger partial charge in [0.2, 0.25) is 0 Å². The lowest BCUT2D eigenvalue weighted by atomic mass is 10.0. The van der Waals surface area contributed by atoms with E-state index < -0.39 is 0 Å². The van der Waals surface area contributed by atoms with E-state index in [1.165, 1.54) is 23.3 Å². The summed E-state index contributed by atoms with van der Waals surface area (Å²) in [7, 11) is 0. The first-order valence-electron chi connectivity index (χ1n) is 5.53. The Hall–Kier alpha value is -1.22. The van der Waals surface area contributed by atoms with Gasteiger partial charge in [0.05, 0.1) is 11.4 Å². The molecular formula is C12H17N3. The molecule has 15 heavy (non-hydrogen) atoms. The van der Waals surface area contributed by atoms with Crippen LogP contribution >= 0.6 is 0 Å².